The van der Waals surface area contributed by atoms with Gasteiger partial charge >= 0.3 is 0 Å². The van der Waals surface area contributed by atoms with E-state index in [9.17, 15) is 8.42 Å². The van der Waals surface area contributed by atoms with Gasteiger partial charge < -0.3 is 10.1 Å². The molecule has 16 heavy (non-hydrogen) atoms. The van der Waals surface area contributed by atoms with Crippen LogP contribution in [-0.2, 0) is 9.84 Å². The van der Waals surface area contributed by atoms with Crippen LogP contribution in [0.2, 0.25) is 0 Å². The average Bonchev–Trinajstić information content (AvgIpc) is 2.25. The summed E-state index contributed by atoms with van der Waals surface area (Å²) in [5.41, 5.74) is 0.718. The lowest BCUT2D eigenvalue weighted by Crippen LogP contribution is -2.20. The van der Waals surface area contributed by atoms with Gasteiger partial charge in [0.25, 0.3) is 0 Å². The molecule has 1 aromatic carbocycles. The fourth-order valence-corrected chi connectivity index (χ4v) is 2.96. The van der Waals surface area contributed by atoms with Gasteiger partial charge in [-0.05, 0) is 37.7 Å². The first-order valence-electron chi connectivity index (χ1n) is 5.03. The van der Waals surface area contributed by atoms with Crippen molar-refractivity contribution in [2.24, 2.45) is 0 Å². The van der Waals surface area contributed by atoms with Crippen molar-refractivity contribution in [3.05, 3.63) is 23.8 Å². The third-order valence-electron chi connectivity index (χ3n) is 2.34. The van der Waals surface area contributed by atoms with Crippen LogP contribution in [0.1, 0.15) is 5.56 Å². The van der Waals surface area contributed by atoms with Gasteiger partial charge in [-0.2, -0.15) is 0 Å². The van der Waals surface area contributed by atoms with E-state index in [0.717, 1.165) is 5.56 Å². The smallest absolute Gasteiger partial charge is 0.179 e. The Labute approximate surface area is 96.5 Å². The second-order valence-corrected chi connectivity index (χ2v) is 5.63. The highest BCUT2D eigenvalue weighted by molar-refractivity contribution is 7.91. The number of hydrogen-bond acceptors (Lipinski definition) is 4. The van der Waals surface area contributed by atoms with Crippen molar-refractivity contribution in [3.63, 3.8) is 0 Å². The second-order valence-electron chi connectivity index (χ2n) is 3.55. The van der Waals surface area contributed by atoms with Crippen molar-refractivity contribution >= 4 is 9.84 Å². The molecule has 0 unspecified atom stereocenters. The molecule has 90 valence electrons. The molecule has 0 amide bonds. The van der Waals surface area contributed by atoms with Crippen LogP contribution in [0.3, 0.4) is 0 Å². The summed E-state index contributed by atoms with van der Waals surface area (Å²) in [7, 11) is 0.0959. The molecule has 1 N–H and O–H groups in total. The molecule has 1 rings (SSSR count). The highest BCUT2D eigenvalue weighted by Crippen LogP contribution is 2.21. The van der Waals surface area contributed by atoms with E-state index in [1.54, 1.807) is 39.3 Å². The van der Waals surface area contributed by atoms with Crippen molar-refractivity contribution in [1.82, 2.24) is 5.32 Å². The minimum Gasteiger partial charge on any atom is -0.497 e. The summed E-state index contributed by atoms with van der Waals surface area (Å²) in [6, 6.07) is 4.99. The molecule has 0 atom stereocenters. The van der Waals surface area contributed by atoms with Gasteiger partial charge in [0.15, 0.2) is 9.84 Å². The number of hydrogen-bond donors (Lipinski definition) is 1. The third kappa shape index (κ3) is 2.96. The molecule has 0 aliphatic carbocycles. The van der Waals surface area contributed by atoms with Crippen LogP contribution in [0.5, 0.6) is 5.75 Å². The molecular weight excluding hydrogens is 226 g/mol. The van der Waals surface area contributed by atoms with Crippen molar-refractivity contribution in [3.8, 4) is 5.75 Å². The summed E-state index contributed by atoms with van der Waals surface area (Å²) in [4.78, 5) is 0.378. The van der Waals surface area contributed by atoms with Gasteiger partial charge in [0.2, 0.25) is 0 Å². The lowest BCUT2D eigenvalue weighted by Gasteiger charge is -2.09. The summed E-state index contributed by atoms with van der Waals surface area (Å²) in [5, 5.41) is 2.83. The summed E-state index contributed by atoms with van der Waals surface area (Å²) in [6.07, 6.45) is 0. The molecule has 0 saturated heterocycles. The molecule has 1 aromatic rings. The Kier molecular flexibility index (Phi) is 4.32. The van der Waals surface area contributed by atoms with Crippen LogP contribution in [0.15, 0.2) is 23.1 Å². The van der Waals surface area contributed by atoms with Crippen molar-refractivity contribution in [2.45, 2.75) is 11.8 Å². The summed E-state index contributed by atoms with van der Waals surface area (Å²) in [6.45, 7) is 2.22. The van der Waals surface area contributed by atoms with E-state index in [4.69, 9.17) is 4.74 Å². The maximum atomic E-state index is 11.9. The van der Waals surface area contributed by atoms with Gasteiger partial charge in [0.1, 0.15) is 5.75 Å². The maximum absolute atomic E-state index is 11.9. The number of benzene rings is 1. The molecule has 0 aliphatic rings. The second kappa shape index (κ2) is 5.32. The predicted molar refractivity (Wildman–Crippen MR) is 63.7 cm³/mol. The Hall–Kier alpha value is -1.07. The van der Waals surface area contributed by atoms with E-state index in [2.05, 4.69) is 5.32 Å². The Bertz CT molecular complexity index is 454. The number of nitrogens with one attached hydrogen (secondary N) is 1. The van der Waals surface area contributed by atoms with E-state index in [0.29, 0.717) is 17.2 Å². The van der Waals surface area contributed by atoms with Gasteiger partial charge in [-0.15, -0.1) is 0 Å². The SMILES string of the molecule is CNCCS(=O)(=O)c1ccc(OC)cc1C. The summed E-state index contributed by atoms with van der Waals surface area (Å²) < 4.78 is 28.9. The lowest BCUT2D eigenvalue weighted by atomic mass is 10.2. The van der Waals surface area contributed by atoms with Gasteiger partial charge in [0, 0.05) is 6.54 Å². The van der Waals surface area contributed by atoms with Crippen molar-refractivity contribution in [1.29, 1.82) is 0 Å². The van der Waals surface area contributed by atoms with E-state index in [1.807, 2.05) is 0 Å². The quantitative estimate of drug-likeness (QED) is 0.838. The number of sulfone groups is 1. The first-order valence-corrected chi connectivity index (χ1v) is 6.68. The molecular formula is C11H17NO3S. The molecule has 0 aliphatic heterocycles. The number of methoxy groups -OCH3 is 1. The predicted octanol–water partition coefficient (Wildman–Crippen LogP) is 0.997. The largest absolute Gasteiger partial charge is 0.497 e. The highest BCUT2D eigenvalue weighted by Gasteiger charge is 2.16. The lowest BCUT2D eigenvalue weighted by molar-refractivity contribution is 0.414. The Balaban J connectivity index is 3.04. The van der Waals surface area contributed by atoms with Crippen molar-refractivity contribution < 1.29 is 13.2 Å². The highest BCUT2D eigenvalue weighted by atomic mass is 32.2. The van der Waals surface area contributed by atoms with Gasteiger partial charge in [-0.3, -0.25) is 0 Å². The molecule has 0 aromatic heterocycles. The molecule has 0 heterocycles. The molecule has 0 radical (unpaired) electrons. The molecule has 5 heteroatoms. The Morgan fingerprint density at radius 2 is 2.06 bits per heavy atom. The Morgan fingerprint density at radius 1 is 1.38 bits per heavy atom. The summed E-state index contributed by atoms with van der Waals surface area (Å²) >= 11 is 0. The van der Waals surface area contributed by atoms with Gasteiger partial charge in [0.05, 0.1) is 17.8 Å². The zero-order valence-corrected chi connectivity index (χ0v) is 10.6. The standard InChI is InChI=1S/C11H17NO3S/c1-9-8-10(15-3)4-5-11(9)16(13,14)7-6-12-2/h4-5,8,12H,6-7H2,1-3H3. The monoisotopic (exact) mass is 243 g/mol. The topological polar surface area (TPSA) is 55.4 Å². The van der Waals surface area contributed by atoms with Crippen LogP contribution in [0.25, 0.3) is 0 Å². The summed E-state index contributed by atoms with van der Waals surface area (Å²) in [5.74, 6) is 0.779. The molecule has 0 saturated carbocycles. The minimum absolute atomic E-state index is 0.108. The fourth-order valence-electron chi connectivity index (χ4n) is 1.44. The first kappa shape index (κ1) is 13.0. The molecule has 0 spiro atoms. The van der Waals surface area contributed by atoms with Crippen molar-refractivity contribution in [2.75, 3.05) is 26.5 Å². The van der Waals surface area contributed by atoms with Gasteiger partial charge in [-0.25, -0.2) is 8.42 Å². The minimum atomic E-state index is -3.20. The number of ether oxygens (including phenoxy) is 1. The molecule has 4 nitrogen and oxygen atoms in total. The van der Waals surface area contributed by atoms with Gasteiger partial charge in [-0.1, -0.05) is 0 Å². The van der Waals surface area contributed by atoms with Crippen LogP contribution in [0.4, 0.5) is 0 Å². The van der Waals surface area contributed by atoms with E-state index in [1.165, 1.54) is 0 Å². The van der Waals surface area contributed by atoms with Crippen LogP contribution >= 0.6 is 0 Å². The number of aryl methyl sites for hydroxylation is 1. The van der Waals surface area contributed by atoms with E-state index in [-0.39, 0.29) is 5.75 Å². The zero-order valence-electron chi connectivity index (χ0n) is 9.78. The number of rotatable bonds is 5. The first-order chi connectivity index (χ1) is 7.51. The van der Waals surface area contributed by atoms with Crippen LogP contribution in [-0.4, -0.2) is 34.9 Å². The van der Waals surface area contributed by atoms with Crippen LogP contribution < -0.4 is 10.1 Å². The average molecular weight is 243 g/mol. The zero-order chi connectivity index (χ0) is 12.2. The molecule has 0 fully saturated rings. The van der Waals surface area contributed by atoms with Crippen LogP contribution in [0, 0.1) is 6.92 Å². The molecule has 0 bridgehead atoms. The Morgan fingerprint density at radius 3 is 2.56 bits per heavy atom. The fraction of sp³-hybridized carbons (Fsp3) is 0.455. The van der Waals surface area contributed by atoms with E-state index >= 15 is 0 Å². The normalized spacial score (nSPS) is 11.4. The maximum Gasteiger partial charge on any atom is 0.179 e. The van der Waals surface area contributed by atoms with E-state index < -0.39 is 9.84 Å². The third-order valence-corrected chi connectivity index (χ3v) is 4.21.